The minimum atomic E-state index is 0.101. The SMILES string of the molecule is CC(C)(C)c1ccc(N2c3ccc(Br)cc3Sc3cc(Br)cc(O)c32)cc1. The van der Waals surface area contributed by atoms with Crippen LogP contribution >= 0.6 is 43.6 Å². The quantitative estimate of drug-likeness (QED) is 0.283. The average molecular weight is 505 g/mol. The van der Waals surface area contributed by atoms with Gasteiger partial charge in [-0.1, -0.05) is 76.5 Å². The van der Waals surface area contributed by atoms with Crippen molar-refractivity contribution in [2.45, 2.75) is 36.0 Å². The van der Waals surface area contributed by atoms with Gasteiger partial charge >= 0.3 is 0 Å². The summed E-state index contributed by atoms with van der Waals surface area (Å²) in [5.74, 6) is 0.264. The molecule has 3 aromatic rings. The molecule has 0 radical (unpaired) electrons. The van der Waals surface area contributed by atoms with E-state index in [2.05, 4.69) is 100.0 Å². The molecule has 0 saturated heterocycles. The molecule has 0 bridgehead atoms. The number of fused-ring (bicyclic) bond motifs is 2. The van der Waals surface area contributed by atoms with Gasteiger partial charge in [-0.25, -0.2) is 0 Å². The van der Waals surface area contributed by atoms with Crippen LogP contribution in [0.3, 0.4) is 0 Å². The fourth-order valence-electron chi connectivity index (χ4n) is 3.24. The summed E-state index contributed by atoms with van der Waals surface area (Å²) in [5, 5.41) is 10.7. The summed E-state index contributed by atoms with van der Waals surface area (Å²) >= 11 is 8.75. The predicted octanol–water partition coefficient (Wildman–Crippen LogP) is 8.15. The van der Waals surface area contributed by atoms with Gasteiger partial charge in [0.25, 0.3) is 0 Å². The second kappa shape index (κ2) is 6.87. The summed E-state index contributed by atoms with van der Waals surface area (Å²) in [6.07, 6.45) is 0. The first-order valence-corrected chi connectivity index (χ1v) is 11.0. The lowest BCUT2D eigenvalue weighted by atomic mass is 9.87. The van der Waals surface area contributed by atoms with E-state index >= 15 is 0 Å². The van der Waals surface area contributed by atoms with Crippen molar-refractivity contribution in [3.05, 3.63) is 69.1 Å². The lowest BCUT2D eigenvalue weighted by molar-refractivity contribution is 0.474. The Balaban J connectivity index is 1.92. The molecule has 1 aliphatic heterocycles. The fraction of sp³-hybridized carbons (Fsp3) is 0.182. The van der Waals surface area contributed by atoms with Gasteiger partial charge in [0.1, 0.15) is 11.4 Å². The Morgan fingerprint density at radius 2 is 1.52 bits per heavy atom. The van der Waals surface area contributed by atoms with Gasteiger partial charge < -0.3 is 10.0 Å². The lowest BCUT2D eigenvalue weighted by Crippen LogP contribution is -2.16. The van der Waals surface area contributed by atoms with Gasteiger partial charge in [-0.2, -0.15) is 0 Å². The molecule has 1 N–H and O–H groups in total. The van der Waals surface area contributed by atoms with Crippen LogP contribution in [0.4, 0.5) is 17.1 Å². The third-order valence-corrected chi connectivity index (χ3v) is 6.65. The van der Waals surface area contributed by atoms with Crippen molar-refractivity contribution in [3.8, 4) is 5.75 Å². The van der Waals surface area contributed by atoms with Crippen molar-refractivity contribution in [2.75, 3.05) is 4.90 Å². The molecule has 0 aromatic heterocycles. The van der Waals surface area contributed by atoms with E-state index in [4.69, 9.17) is 0 Å². The summed E-state index contributed by atoms with van der Waals surface area (Å²) in [6.45, 7) is 6.64. The molecule has 27 heavy (non-hydrogen) atoms. The molecular formula is C22H19Br2NOS. The van der Waals surface area contributed by atoms with Crippen LogP contribution in [0.15, 0.2) is 73.3 Å². The first-order chi connectivity index (χ1) is 12.7. The number of nitrogens with zero attached hydrogens (tertiary/aromatic N) is 1. The summed E-state index contributed by atoms with van der Waals surface area (Å²) in [7, 11) is 0. The molecule has 1 aliphatic rings. The Bertz CT molecular complexity index is 1030. The monoisotopic (exact) mass is 503 g/mol. The number of hydrogen-bond donors (Lipinski definition) is 1. The molecule has 1 heterocycles. The zero-order chi connectivity index (χ0) is 19.3. The minimum absolute atomic E-state index is 0.101. The molecule has 2 nitrogen and oxygen atoms in total. The van der Waals surface area contributed by atoms with Crippen molar-refractivity contribution < 1.29 is 5.11 Å². The molecule has 0 amide bonds. The molecule has 138 valence electrons. The molecule has 0 saturated carbocycles. The van der Waals surface area contributed by atoms with E-state index in [1.54, 1.807) is 17.8 Å². The van der Waals surface area contributed by atoms with Gasteiger partial charge in [0.05, 0.1) is 5.69 Å². The highest BCUT2D eigenvalue weighted by atomic mass is 79.9. The molecular weight excluding hydrogens is 486 g/mol. The standard InChI is InChI=1S/C22H19Br2NOS/c1-22(2,3)13-4-7-16(8-5-13)25-17-9-6-14(23)11-19(17)27-20-12-15(24)10-18(26)21(20)25/h4-12,26H,1-3H3. The van der Waals surface area contributed by atoms with Crippen molar-refractivity contribution in [3.63, 3.8) is 0 Å². The molecule has 5 heteroatoms. The van der Waals surface area contributed by atoms with Crippen LogP contribution < -0.4 is 4.90 Å². The first kappa shape index (κ1) is 18.9. The number of anilines is 3. The van der Waals surface area contributed by atoms with Crippen LogP contribution in [-0.4, -0.2) is 5.11 Å². The van der Waals surface area contributed by atoms with Gasteiger partial charge in [0, 0.05) is 24.4 Å². The molecule has 0 spiro atoms. The Labute approximate surface area is 180 Å². The summed E-state index contributed by atoms with van der Waals surface area (Å²) in [4.78, 5) is 4.31. The van der Waals surface area contributed by atoms with Crippen LogP contribution in [-0.2, 0) is 5.41 Å². The van der Waals surface area contributed by atoms with Gasteiger partial charge in [-0.3, -0.25) is 0 Å². The van der Waals surface area contributed by atoms with E-state index in [0.29, 0.717) is 0 Å². The van der Waals surface area contributed by atoms with E-state index in [9.17, 15) is 5.11 Å². The molecule has 3 aromatic carbocycles. The topological polar surface area (TPSA) is 23.5 Å². The Hall–Kier alpha value is -1.43. The van der Waals surface area contributed by atoms with Crippen LogP contribution in [0, 0.1) is 0 Å². The van der Waals surface area contributed by atoms with Crippen molar-refractivity contribution in [1.29, 1.82) is 0 Å². The van der Waals surface area contributed by atoms with Gasteiger partial charge in [-0.05, 0) is 53.4 Å². The van der Waals surface area contributed by atoms with Gasteiger partial charge in [0.15, 0.2) is 0 Å². The molecule has 0 aliphatic carbocycles. The van der Waals surface area contributed by atoms with E-state index in [1.807, 2.05) is 6.07 Å². The maximum absolute atomic E-state index is 10.7. The van der Waals surface area contributed by atoms with E-state index < -0.39 is 0 Å². The largest absolute Gasteiger partial charge is 0.506 e. The minimum Gasteiger partial charge on any atom is -0.506 e. The number of halogens is 2. The molecule has 0 unspecified atom stereocenters. The van der Waals surface area contributed by atoms with E-state index in [1.165, 1.54) is 5.56 Å². The highest BCUT2D eigenvalue weighted by Crippen LogP contribution is 2.55. The van der Waals surface area contributed by atoms with Crippen molar-refractivity contribution in [2.24, 2.45) is 0 Å². The number of rotatable bonds is 1. The third-order valence-electron chi connectivity index (χ3n) is 4.62. The van der Waals surface area contributed by atoms with Crippen molar-refractivity contribution >= 4 is 60.7 Å². The second-order valence-electron chi connectivity index (χ2n) is 7.62. The van der Waals surface area contributed by atoms with Gasteiger partial charge in [0.2, 0.25) is 0 Å². The molecule has 4 rings (SSSR count). The fourth-order valence-corrected chi connectivity index (χ4v) is 5.51. The Morgan fingerprint density at radius 3 is 2.19 bits per heavy atom. The zero-order valence-corrected chi connectivity index (χ0v) is 19.2. The van der Waals surface area contributed by atoms with Crippen molar-refractivity contribution in [1.82, 2.24) is 0 Å². The maximum Gasteiger partial charge on any atom is 0.141 e. The van der Waals surface area contributed by atoms with Crippen LogP contribution in [0.1, 0.15) is 26.3 Å². The number of benzene rings is 3. The smallest absolute Gasteiger partial charge is 0.141 e. The third kappa shape index (κ3) is 3.53. The number of aromatic hydroxyl groups is 1. The summed E-state index contributed by atoms with van der Waals surface area (Å²) in [5.41, 5.74) is 4.31. The zero-order valence-electron chi connectivity index (χ0n) is 15.3. The highest BCUT2D eigenvalue weighted by molar-refractivity contribution is 9.10. The second-order valence-corrected chi connectivity index (χ2v) is 10.5. The molecule has 0 atom stereocenters. The Morgan fingerprint density at radius 1 is 0.852 bits per heavy atom. The maximum atomic E-state index is 10.7. The highest BCUT2D eigenvalue weighted by Gasteiger charge is 2.28. The van der Waals surface area contributed by atoms with E-state index in [0.717, 1.165) is 35.8 Å². The number of hydrogen-bond acceptors (Lipinski definition) is 3. The Kier molecular flexibility index (Phi) is 4.81. The first-order valence-electron chi connectivity index (χ1n) is 8.64. The van der Waals surface area contributed by atoms with Crippen LogP contribution in [0.5, 0.6) is 5.75 Å². The van der Waals surface area contributed by atoms with E-state index in [-0.39, 0.29) is 11.2 Å². The van der Waals surface area contributed by atoms with Crippen LogP contribution in [0.25, 0.3) is 0 Å². The number of phenols is 1. The normalized spacial score (nSPS) is 13.3. The van der Waals surface area contributed by atoms with Gasteiger partial charge in [-0.15, -0.1) is 0 Å². The van der Waals surface area contributed by atoms with Crippen LogP contribution in [0.2, 0.25) is 0 Å². The predicted molar refractivity (Wildman–Crippen MR) is 121 cm³/mol. The summed E-state index contributed by atoms with van der Waals surface area (Å²) in [6, 6.07) is 18.7. The number of phenolic OH excluding ortho intramolecular Hbond substituents is 1. The summed E-state index contributed by atoms with van der Waals surface area (Å²) < 4.78 is 1.91. The molecule has 0 fully saturated rings. The average Bonchev–Trinajstić information content (AvgIpc) is 2.59. The lowest BCUT2D eigenvalue weighted by Gasteiger charge is -2.34.